The third kappa shape index (κ3) is 4.05. The zero-order chi connectivity index (χ0) is 22.1. The van der Waals surface area contributed by atoms with E-state index in [1.807, 2.05) is 40.5 Å². The lowest BCUT2D eigenvalue weighted by molar-refractivity contribution is 0.0360. The highest BCUT2D eigenvalue weighted by Crippen LogP contribution is 2.35. The van der Waals surface area contributed by atoms with E-state index in [2.05, 4.69) is 59.5 Å². The molecule has 6 heteroatoms. The maximum Gasteiger partial charge on any atom is 0.290 e. The number of rotatable bonds is 6. The van der Waals surface area contributed by atoms with Crippen LogP contribution in [0, 0.1) is 0 Å². The van der Waals surface area contributed by atoms with Crippen molar-refractivity contribution in [3.05, 3.63) is 65.3 Å². The molecule has 2 N–H and O–H groups in total. The molecule has 0 radical (unpaired) electrons. The highest BCUT2D eigenvalue weighted by molar-refractivity contribution is 7.19. The van der Waals surface area contributed by atoms with Gasteiger partial charge in [0.2, 0.25) is 0 Å². The van der Waals surface area contributed by atoms with Gasteiger partial charge in [-0.1, -0.05) is 30.3 Å². The number of hydrogen-bond donors (Lipinski definition) is 2. The van der Waals surface area contributed by atoms with Gasteiger partial charge in [0, 0.05) is 34.2 Å². The second kappa shape index (κ2) is 8.68. The van der Waals surface area contributed by atoms with Gasteiger partial charge in [0.05, 0.1) is 11.0 Å². The van der Waals surface area contributed by atoms with Gasteiger partial charge >= 0.3 is 0 Å². The van der Waals surface area contributed by atoms with Crippen LogP contribution >= 0.6 is 11.3 Å². The average molecular weight is 447 g/mol. The van der Waals surface area contributed by atoms with Crippen LogP contribution in [-0.2, 0) is 6.54 Å². The summed E-state index contributed by atoms with van der Waals surface area (Å²) in [4.78, 5) is 24.6. The Morgan fingerprint density at radius 2 is 2.06 bits per heavy atom. The van der Waals surface area contributed by atoms with Crippen LogP contribution in [-0.4, -0.2) is 38.9 Å². The molecule has 0 saturated heterocycles. The summed E-state index contributed by atoms with van der Waals surface area (Å²) in [6.45, 7) is 5.86. The van der Waals surface area contributed by atoms with Crippen LogP contribution in [0.3, 0.4) is 0 Å². The summed E-state index contributed by atoms with van der Waals surface area (Å²) in [5.41, 5.74) is 1.56. The Balaban J connectivity index is 1.29. The Kier molecular flexibility index (Phi) is 5.74. The van der Waals surface area contributed by atoms with Crippen molar-refractivity contribution in [2.24, 2.45) is 0 Å². The highest BCUT2D eigenvalue weighted by atomic mass is 32.1. The molecule has 5 rings (SSSR count). The van der Waals surface area contributed by atoms with Crippen LogP contribution in [0.15, 0.2) is 54.6 Å². The summed E-state index contributed by atoms with van der Waals surface area (Å²) in [5, 5.41) is 5.10. The van der Waals surface area contributed by atoms with Crippen LogP contribution in [0.25, 0.3) is 21.1 Å². The number of nitrogens with zero attached hydrogens (tertiary/aromatic N) is 2. The molecule has 2 atom stereocenters. The van der Waals surface area contributed by atoms with Crippen molar-refractivity contribution in [2.45, 2.75) is 57.7 Å². The van der Waals surface area contributed by atoms with Gasteiger partial charge in [0.15, 0.2) is 5.82 Å². The zero-order valence-corrected chi connectivity index (χ0v) is 19.5. The minimum atomic E-state index is -0.180. The molecule has 4 aromatic rings. The van der Waals surface area contributed by atoms with Gasteiger partial charge in [0.1, 0.15) is 0 Å². The normalized spacial score (nSPS) is 21.2. The maximum atomic E-state index is 13.4. The smallest absolute Gasteiger partial charge is 0.290 e. The first-order valence-corrected chi connectivity index (χ1v) is 12.3. The lowest BCUT2D eigenvalue weighted by Crippen LogP contribution is -2.55. The molecule has 1 amide bonds. The SMILES string of the molecule is CCN(C(=O)c1nc2ccccc2[nH]1)[C@@]1(C)CCC[C@@H](NCc2cc3ccccc3s2)C1. The van der Waals surface area contributed by atoms with E-state index in [0.717, 1.165) is 43.3 Å². The number of H-pyrrole nitrogens is 1. The molecule has 1 aliphatic carbocycles. The number of imidazole rings is 1. The van der Waals surface area contributed by atoms with Gasteiger partial charge in [-0.3, -0.25) is 4.79 Å². The van der Waals surface area contributed by atoms with E-state index in [4.69, 9.17) is 0 Å². The predicted molar refractivity (Wildman–Crippen MR) is 132 cm³/mol. The van der Waals surface area contributed by atoms with Crippen molar-refractivity contribution < 1.29 is 4.79 Å². The van der Waals surface area contributed by atoms with Crippen LogP contribution < -0.4 is 5.32 Å². The number of carbonyl (C=O) groups is 1. The molecule has 2 heterocycles. The van der Waals surface area contributed by atoms with E-state index in [0.29, 0.717) is 18.4 Å². The largest absolute Gasteiger partial charge is 0.334 e. The minimum Gasteiger partial charge on any atom is -0.334 e. The van der Waals surface area contributed by atoms with E-state index in [1.54, 1.807) is 0 Å². The molecule has 1 fully saturated rings. The molecule has 1 saturated carbocycles. The molecule has 0 spiro atoms. The molecular formula is C26H30N4OS. The summed E-state index contributed by atoms with van der Waals surface area (Å²) < 4.78 is 1.34. The predicted octanol–water partition coefficient (Wildman–Crippen LogP) is 5.73. The molecule has 2 aromatic carbocycles. The summed E-state index contributed by atoms with van der Waals surface area (Å²) in [5.74, 6) is 0.436. The first-order valence-electron chi connectivity index (χ1n) is 11.5. The molecule has 0 bridgehead atoms. The van der Waals surface area contributed by atoms with Crippen LogP contribution in [0.2, 0.25) is 0 Å². The van der Waals surface area contributed by atoms with E-state index in [9.17, 15) is 4.79 Å². The monoisotopic (exact) mass is 446 g/mol. The number of benzene rings is 2. The lowest BCUT2D eigenvalue weighted by atomic mass is 9.79. The standard InChI is InChI=1S/C26H30N4OS/c1-3-30(25(31)24-28-21-11-5-6-12-22(21)29-24)26(2)14-8-10-19(16-26)27-17-20-15-18-9-4-7-13-23(18)32-20/h4-7,9,11-13,15,19,27H,3,8,10,14,16-17H2,1-2H3,(H,28,29)/t19-,26+/m1/s1. The van der Waals surface area contributed by atoms with Gasteiger partial charge < -0.3 is 15.2 Å². The second-order valence-electron chi connectivity index (χ2n) is 9.07. The van der Waals surface area contributed by atoms with E-state index >= 15 is 0 Å². The Bertz CT molecular complexity index is 1180. The van der Waals surface area contributed by atoms with Crippen molar-refractivity contribution in [3.8, 4) is 0 Å². The van der Waals surface area contributed by atoms with Crippen molar-refractivity contribution in [3.63, 3.8) is 0 Å². The summed E-state index contributed by atoms with van der Waals surface area (Å²) in [6, 6.07) is 19.1. The summed E-state index contributed by atoms with van der Waals surface area (Å²) in [6.07, 6.45) is 4.24. The fourth-order valence-corrected chi connectivity index (χ4v) is 6.22. The van der Waals surface area contributed by atoms with E-state index < -0.39 is 0 Å². The number of aromatic nitrogens is 2. The molecule has 32 heavy (non-hydrogen) atoms. The van der Waals surface area contributed by atoms with Crippen LogP contribution in [0.4, 0.5) is 0 Å². The third-order valence-corrected chi connectivity index (χ3v) is 7.92. The lowest BCUT2D eigenvalue weighted by Gasteiger charge is -2.46. The molecule has 0 aliphatic heterocycles. The summed E-state index contributed by atoms with van der Waals surface area (Å²) in [7, 11) is 0. The molecule has 5 nitrogen and oxygen atoms in total. The number of nitrogens with one attached hydrogen (secondary N) is 2. The Labute approximate surface area is 192 Å². The zero-order valence-electron chi connectivity index (χ0n) is 18.7. The van der Waals surface area contributed by atoms with Gasteiger partial charge in [-0.25, -0.2) is 4.98 Å². The maximum absolute atomic E-state index is 13.4. The van der Waals surface area contributed by atoms with Gasteiger partial charge in [-0.05, 0) is 69.2 Å². The topological polar surface area (TPSA) is 61.0 Å². The quantitative estimate of drug-likeness (QED) is 0.398. The Morgan fingerprint density at radius 1 is 1.25 bits per heavy atom. The van der Waals surface area contributed by atoms with Crippen molar-refractivity contribution >= 4 is 38.4 Å². The number of thiophene rings is 1. The minimum absolute atomic E-state index is 0.00337. The first-order chi connectivity index (χ1) is 15.6. The van der Waals surface area contributed by atoms with Gasteiger partial charge in [-0.2, -0.15) is 0 Å². The number of fused-ring (bicyclic) bond motifs is 2. The van der Waals surface area contributed by atoms with Crippen LogP contribution in [0.1, 0.15) is 55.0 Å². The van der Waals surface area contributed by atoms with E-state index in [-0.39, 0.29) is 11.4 Å². The van der Waals surface area contributed by atoms with Crippen LogP contribution in [0.5, 0.6) is 0 Å². The molecule has 0 unspecified atom stereocenters. The number of para-hydroxylation sites is 2. The number of carbonyl (C=O) groups excluding carboxylic acids is 1. The molecule has 2 aromatic heterocycles. The average Bonchev–Trinajstić information content (AvgIpc) is 3.42. The Morgan fingerprint density at radius 3 is 2.88 bits per heavy atom. The van der Waals surface area contributed by atoms with Crippen molar-refractivity contribution in [1.29, 1.82) is 0 Å². The molecule has 166 valence electrons. The van der Waals surface area contributed by atoms with E-state index in [1.165, 1.54) is 15.0 Å². The fraction of sp³-hybridized carbons (Fsp3) is 0.385. The second-order valence-corrected chi connectivity index (χ2v) is 10.2. The molecular weight excluding hydrogens is 416 g/mol. The number of aromatic amines is 1. The summed E-state index contributed by atoms with van der Waals surface area (Å²) >= 11 is 1.86. The first kappa shape index (κ1) is 21.2. The van der Waals surface area contributed by atoms with Crippen molar-refractivity contribution in [1.82, 2.24) is 20.2 Å². The highest BCUT2D eigenvalue weighted by Gasteiger charge is 2.40. The van der Waals surface area contributed by atoms with Crippen molar-refractivity contribution in [2.75, 3.05) is 6.54 Å². The number of amides is 1. The van der Waals surface area contributed by atoms with Gasteiger partial charge in [0.25, 0.3) is 5.91 Å². The third-order valence-electron chi connectivity index (χ3n) is 6.80. The fourth-order valence-electron chi connectivity index (χ4n) is 5.20. The number of hydrogen-bond acceptors (Lipinski definition) is 4. The molecule has 1 aliphatic rings. The Hall–Kier alpha value is -2.70. The van der Waals surface area contributed by atoms with Gasteiger partial charge in [-0.15, -0.1) is 11.3 Å².